The number of amides is 1. The SMILES string of the molecule is CC(C)NCCCNC(=O)c1ccc(O)c(O)c1. The first-order valence-electron chi connectivity index (χ1n) is 6.04. The van der Waals surface area contributed by atoms with E-state index in [0.717, 1.165) is 13.0 Å². The van der Waals surface area contributed by atoms with Crippen LogP contribution in [-0.2, 0) is 0 Å². The Kier molecular flexibility index (Phi) is 5.45. The van der Waals surface area contributed by atoms with E-state index in [1.807, 2.05) is 0 Å². The number of rotatable bonds is 6. The van der Waals surface area contributed by atoms with E-state index >= 15 is 0 Å². The molecule has 0 radical (unpaired) electrons. The predicted octanol–water partition coefficient (Wildman–Crippen LogP) is 1.22. The van der Waals surface area contributed by atoms with Gasteiger partial charge in [0.15, 0.2) is 11.5 Å². The minimum Gasteiger partial charge on any atom is -0.504 e. The molecular formula is C13H20N2O3. The van der Waals surface area contributed by atoms with Crippen LogP contribution in [-0.4, -0.2) is 35.3 Å². The van der Waals surface area contributed by atoms with E-state index in [2.05, 4.69) is 24.5 Å². The van der Waals surface area contributed by atoms with Crippen molar-refractivity contribution in [2.24, 2.45) is 0 Å². The maximum Gasteiger partial charge on any atom is 0.251 e. The van der Waals surface area contributed by atoms with E-state index in [4.69, 9.17) is 5.11 Å². The number of phenols is 2. The first kappa shape index (κ1) is 14.3. The fraction of sp³-hybridized carbons (Fsp3) is 0.462. The van der Waals surface area contributed by atoms with Crippen molar-refractivity contribution in [2.45, 2.75) is 26.3 Å². The Morgan fingerprint density at radius 2 is 1.94 bits per heavy atom. The molecule has 1 aromatic rings. The van der Waals surface area contributed by atoms with Crippen LogP contribution >= 0.6 is 0 Å². The monoisotopic (exact) mass is 252 g/mol. The first-order valence-corrected chi connectivity index (χ1v) is 6.04. The lowest BCUT2D eigenvalue weighted by Crippen LogP contribution is -2.29. The Labute approximate surface area is 107 Å². The third-order valence-corrected chi connectivity index (χ3v) is 2.43. The highest BCUT2D eigenvalue weighted by Crippen LogP contribution is 2.24. The molecule has 0 heterocycles. The second kappa shape index (κ2) is 6.86. The van der Waals surface area contributed by atoms with E-state index in [-0.39, 0.29) is 17.4 Å². The summed E-state index contributed by atoms with van der Waals surface area (Å²) in [6.45, 7) is 5.55. The average Bonchev–Trinajstić information content (AvgIpc) is 2.31. The van der Waals surface area contributed by atoms with Gasteiger partial charge in [-0.1, -0.05) is 13.8 Å². The Balaban J connectivity index is 2.34. The third kappa shape index (κ3) is 4.63. The zero-order valence-electron chi connectivity index (χ0n) is 10.7. The lowest BCUT2D eigenvalue weighted by atomic mass is 10.2. The molecule has 0 aliphatic carbocycles. The molecule has 100 valence electrons. The van der Waals surface area contributed by atoms with Crippen LogP contribution in [0.1, 0.15) is 30.6 Å². The fourth-order valence-electron chi connectivity index (χ4n) is 1.45. The lowest BCUT2D eigenvalue weighted by molar-refractivity contribution is 0.0953. The van der Waals surface area contributed by atoms with Crippen molar-refractivity contribution in [2.75, 3.05) is 13.1 Å². The molecule has 18 heavy (non-hydrogen) atoms. The molecule has 0 aliphatic rings. The highest BCUT2D eigenvalue weighted by atomic mass is 16.3. The second-order valence-corrected chi connectivity index (χ2v) is 4.42. The van der Waals surface area contributed by atoms with Gasteiger partial charge >= 0.3 is 0 Å². The molecule has 1 rings (SSSR count). The second-order valence-electron chi connectivity index (χ2n) is 4.42. The molecule has 0 atom stereocenters. The number of carbonyl (C=O) groups is 1. The quantitative estimate of drug-likeness (QED) is 0.453. The highest BCUT2D eigenvalue weighted by molar-refractivity contribution is 5.94. The van der Waals surface area contributed by atoms with Crippen LogP contribution in [0.3, 0.4) is 0 Å². The van der Waals surface area contributed by atoms with Crippen molar-refractivity contribution in [3.8, 4) is 11.5 Å². The van der Waals surface area contributed by atoms with Crippen molar-refractivity contribution in [1.82, 2.24) is 10.6 Å². The number of aromatic hydroxyl groups is 2. The number of hydrogen-bond donors (Lipinski definition) is 4. The van der Waals surface area contributed by atoms with E-state index in [9.17, 15) is 9.90 Å². The van der Waals surface area contributed by atoms with Gasteiger partial charge in [0.2, 0.25) is 0 Å². The molecule has 0 spiro atoms. The van der Waals surface area contributed by atoms with Crippen molar-refractivity contribution in [1.29, 1.82) is 0 Å². The summed E-state index contributed by atoms with van der Waals surface area (Å²) in [5, 5.41) is 24.4. The van der Waals surface area contributed by atoms with Gasteiger partial charge in [0.25, 0.3) is 5.91 Å². The smallest absolute Gasteiger partial charge is 0.251 e. The summed E-state index contributed by atoms with van der Waals surface area (Å²) in [4.78, 5) is 11.7. The van der Waals surface area contributed by atoms with E-state index < -0.39 is 0 Å². The highest BCUT2D eigenvalue weighted by Gasteiger charge is 2.07. The largest absolute Gasteiger partial charge is 0.504 e. The maximum absolute atomic E-state index is 11.7. The number of phenolic OH excluding ortho intramolecular Hbond substituents is 2. The molecule has 0 unspecified atom stereocenters. The van der Waals surface area contributed by atoms with Crippen molar-refractivity contribution < 1.29 is 15.0 Å². The number of hydrogen-bond acceptors (Lipinski definition) is 4. The van der Waals surface area contributed by atoms with Gasteiger partial charge in [-0.05, 0) is 31.2 Å². The van der Waals surface area contributed by atoms with Crippen LogP contribution in [0.15, 0.2) is 18.2 Å². The molecular weight excluding hydrogens is 232 g/mol. The Hall–Kier alpha value is -1.75. The minimum absolute atomic E-state index is 0.229. The molecule has 0 aliphatic heterocycles. The van der Waals surface area contributed by atoms with Crippen molar-refractivity contribution in [3.05, 3.63) is 23.8 Å². The molecule has 1 aromatic carbocycles. The summed E-state index contributed by atoms with van der Waals surface area (Å²) in [5.41, 5.74) is 0.335. The molecule has 5 nitrogen and oxygen atoms in total. The van der Waals surface area contributed by atoms with Crippen molar-refractivity contribution in [3.63, 3.8) is 0 Å². The third-order valence-electron chi connectivity index (χ3n) is 2.43. The standard InChI is InChI=1S/C13H20N2O3/c1-9(2)14-6-3-7-15-13(18)10-4-5-11(16)12(17)8-10/h4-5,8-9,14,16-17H,3,6-7H2,1-2H3,(H,15,18). The van der Waals surface area contributed by atoms with Gasteiger partial charge in [-0.25, -0.2) is 0 Å². The Morgan fingerprint density at radius 1 is 1.22 bits per heavy atom. The summed E-state index contributed by atoms with van der Waals surface area (Å²) in [6.07, 6.45) is 0.841. The summed E-state index contributed by atoms with van der Waals surface area (Å²) < 4.78 is 0. The fourth-order valence-corrected chi connectivity index (χ4v) is 1.45. The first-order chi connectivity index (χ1) is 8.50. The molecule has 0 bridgehead atoms. The van der Waals surface area contributed by atoms with Gasteiger partial charge in [-0.3, -0.25) is 4.79 Å². The van der Waals surface area contributed by atoms with Crippen molar-refractivity contribution >= 4 is 5.91 Å². The molecule has 0 aromatic heterocycles. The van der Waals surface area contributed by atoms with Gasteiger partial charge in [-0.2, -0.15) is 0 Å². The van der Waals surface area contributed by atoms with Crippen LogP contribution in [0.4, 0.5) is 0 Å². The van der Waals surface area contributed by atoms with Gasteiger partial charge in [0, 0.05) is 18.2 Å². The lowest BCUT2D eigenvalue weighted by Gasteiger charge is -2.09. The number of nitrogens with one attached hydrogen (secondary N) is 2. The Bertz CT molecular complexity index is 405. The minimum atomic E-state index is -0.288. The average molecular weight is 252 g/mol. The molecule has 4 N–H and O–H groups in total. The van der Waals surface area contributed by atoms with Crippen LogP contribution in [0.2, 0.25) is 0 Å². The summed E-state index contributed by atoms with van der Waals surface area (Å²) in [7, 11) is 0. The summed E-state index contributed by atoms with van der Waals surface area (Å²) in [6, 6.07) is 4.45. The van der Waals surface area contributed by atoms with Gasteiger partial charge in [0.1, 0.15) is 0 Å². The van der Waals surface area contributed by atoms with Gasteiger partial charge in [-0.15, -0.1) is 0 Å². The molecule has 0 saturated carbocycles. The molecule has 1 amide bonds. The van der Waals surface area contributed by atoms with Crippen LogP contribution in [0, 0.1) is 0 Å². The molecule has 5 heteroatoms. The van der Waals surface area contributed by atoms with Gasteiger partial charge in [0.05, 0.1) is 0 Å². The van der Waals surface area contributed by atoms with E-state index in [1.165, 1.54) is 18.2 Å². The van der Waals surface area contributed by atoms with Crippen LogP contribution in [0.5, 0.6) is 11.5 Å². The predicted molar refractivity (Wildman–Crippen MR) is 69.9 cm³/mol. The van der Waals surface area contributed by atoms with Crippen LogP contribution < -0.4 is 10.6 Å². The number of carbonyl (C=O) groups excluding carboxylic acids is 1. The number of benzene rings is 1. The maximum atomic E-state index is 11.7. The Morgan fingerprint density at radius 3 is 2.56 bits per heavy atom. The van der Waals surface area contributed by atoms with E-state index in [0.29, 0.717) is 18.2 Å². The van der Waals surface area contributed by atoms with Crippen LogP contribution in [0.25, 0.3) is 0 Å². The summed E-state index contributed by atoms with van der Waals surface area (Å²) >= 11 is 0. The van der Waals surface area contributed by atoms with E-state index in [1.54, 1.807) is 0 Å². The normalized spacial score (nSPS) is 10.6. The summed E-state index contributed by atoms with van der Waals surface area (Å²) in [5.74, 6) is -0.772. The molecule has 0 fully saturated rings. The topological polar surface area (TPSA) is 81.6 Å². The zero-order valence-corrected chi connectivity index (χ0v) is 10.7. The molecule has 0 saturated heterocycles. The van der Waals surface area contributed by atoms with Gasteiger partial charge < -0.3 is 20.8 Å². The zero-order chi connectivity index (χ0) is 13.5.